The third kappa shape index (κ3) is 2.33. The van der Waals surface area contributed by atoms with Crippen LogP contribution >= 0.6 is 0 Å². The van der Waals surface area contributed by atoms with Gasteiger partial charge in [-0.2, -0.15) is 0 Å². The molecule has 2 unspecified atom stereocenters. The van der Waals surface area contributed by atoms with E-state index in [4.69, 9.17) is 19.9 Å². The molecule has 0 saturated carbocycles. The fraction of sp³-hybridized carbons (Fsp3) is 0.190. The Balaban J connectivity index is 2.07. The molecule has 7 heteroatoms. The number of methoxy groups -OCH3 is 2. The van der Waals surface area contributed by atoms with Gasteiger partial charge in [-0.1, -0.05) is 60.7 Å². The first-order valence-electron chi connectivity index (χ1n) is 8.60. The van der Waals surface area contributed by atoms with Gasteiger partial charge >= 0.3 is 11.9 Å². The molecule has 0 radical (unpaired) electrons. The molecule has 2 aliphatic rings. The molecule has 7 nitrogen and oxygen atoms in total. The van der Waals surface area contributed by atoms with Crippen LogP contribution in [0.4, 0.5) is 0 Å². The van der Waals surface area contributed by atoms with Gasteiger partial charge < -0.3 is 14.2 Å². The highest BCUT2D eigenvalue weighted by atomic mass is 16.6. The fourth-order valence-corrected chi connectivity index (χ4v) is 3.76. The highest BCUT2D eigenvalue weighted by molar-refractivity contribution is 6.20. The predicted octanol–water partition coefficient (Wildman–Crippen LogP) is 1.67. The van der Waals surface area contributed by atoms with Crippen LogP contribution in [0.5, 0.6) is 0 Å². The molecule has 2 bridgehead atoms. The predicted molar refractivity (Wildman–Crippen MR) is 100 cm³/mol. The number of dihydropyridines is 1. The molecule has 2 N–H and O–H groups in total. The van der Waals surface area contributed by atoms with Gasteiger partial charge in [-0.15, -0.1) is 0 Å². The van der Waals surface area contributed by atoms with Crippen LogP contribution in [0.2, 0.25) is 0 Å². The zero-order chi connectivity index (χ0) is 19.9. The SMILES string of the molecule is COC(=O)C1=C(C(=O)OC)C2(c3ccccc3)OC1(N)N=C2c1ccccc1. The maximum Gasteiger partial charge on any atom is 0.340 e. The summed E-state index contributed by atoms with van der Waals surface area (Å²) >= 11 is 0. The van der Waals surface area contributed by atoms with Crippen molar-refractivity contribution in [2.75, 3.05) is 14.2 Å². The van der Waals surface area contributed by atoms with E-state index in [1.54, 1.807) is 24.3 Å². The van der Waals surface area contributed by atoms with Gasteiger partial charge in [0.2, 0.25) is 5.85 Å². The third-order valence-corrected chi connectivity index (χ3v) is 4.89. The monoisotopic (exact) mass is 378 g/mol. The molecule has 2 aromatic carbocycles. The summed E-state index contributed by atoms with van der Waals surface area (Å²) in [6.07, 6.45) is 0. The van der Waals surface area contributed by atoms with Crippen LogP contribution in [0, 0.1) is 0 Å². The Labute approximate surface area is 161 Å². The van der Waals surface area contributed by atoms with E-state index in [1.165, 1.54) is 14.2 Å². The summed E-state index contributed by atoms with van der Waals surface area (Å²) in [5.41, 5.74) is 6.44. The van der Waals surface area contributed by atoms with E-state index in [9.17, 15) is 9.59 Å². The molecule has 2 aliphatic heterocycles. The number of fused-ring (bicyclic) bond motifs is 2. The van der Waals surface area contributed by atoms with Crippen LogP contribution in [0.15, 0.2) is 76.8 Å². The number of rotatable bonds is 4. The molecular weight excluding hydrogens is 360 g/mol. The summed E-state index contributed by atoms with van der Waals surface area (Å²) in [6, 6.07) is 18.2. The van der Waals surface area contributed by atoms with Crippen LogP contribution < -0.4 is 5.73 Å². The number of carbonyl (C=O) groups is 2. The van der Waals surface area contributed by atoms with Crippen molar-refractivity contribution >= 4 is 17.7 Å². The summed E-state index contributed by atoms with van der Waals surface area (Å²) in [5.74, 6) is -3.39. The molecular formula is C21H18N2O5. The Kier molecular flexibility index (Phi) is 4.14. The Morgan fingerprint density at radius 1 is 0.893 bits per heavy atom. The largest absolute Gasteiger partial charge is 0.466 e. The number of nitrogens with zero attached hydrogens (tertiary/aromatic N) is 1. The van der Waals surface area contributed by atoms with Crippen molar-refractivity contribution in [2.45, 2.75) is 11.4 Å². The van der Waals surface area contributed by atoms with Gasteiger partial charge in [0.15, 0.2) is 5.60 Å². The first-order valence-corrected chi connectivity index (χ1v) is 8.60. The molecule has 142 valence electrons. The van der Waals surface area contributed by atoms with Crippen LogP contribution in [0.1, 0.15) is 11.1 Å². The lowest BCUT2D eigenvalue weighted by Gasteiger charge is -2.29. The number of hydrogen-bond acceptors (Lipinski definition) is 7. The quantitative estimate of drug-likeness (QED) is 0.813. The number of benzene rings is 2. The van der Waals surface area contributed by atoms with E-state index in [-0.39, 0.29) is 11.1 Å². The van der Waals surface area contributed by atoms with Gasteiger partial charge in [-0.05, 0) is 11.1 Å². The average Bonchev–Trinajstić information content (AvgIpc) is 3.21. The summed E-state index contributed by atoms with van der Waals surface area (Å²) in [6.45, 7) is 0. The van der Waals surface area contributed by atoms with Crippen molar-refractivity contribution in [1.82, 2.24) is 0 Å². The smallest absolute Gasteiger partial charge is 0.340 e. The summed E-state index contributed by atoms with van der Waals surface area (Å²) in [7, 11) is 2.44. The number of carbonyl (C=O) groups excluding carboxylic acids is 2. The standard InChI is InChI=1S/C21H18N2O5/c1-26-18(24)15-16(19(25)27-2)21(22)23-17(13-9-5-3-6-10-13)20(15,28-21)14-11-7-4-8-12-14/h3-12H,22H2,1-2H3. The Hall–Kier alpha value is -3.29. The van der Waals surface area contributed by atoms with Crippen LogP contribution in [0.25, 0.3) is 0 Å². The molecule has 0 fully saturated rings. The third-order valence-electron chi connectivity index (χ3n) is 4.89. The van der Waals surface area contributed by atoms with E-state index in [0.29, 0.717) is 16.8 Å². The van der Waals surface area contributed by atoms with Gasteiger partial charge in [-0.25, -0.2) is 14.6 Å². The van der Waals surface area contributed by atoms with E-state index >= 15 is 0 Å². The number of aliphatic imine (C=N–C) groups is 1. The molecule has 0 spiro atoms. The first-order chi connectivity index (χ1) is 13.5. The van der Waals surface area contributed by atoms with E-state index in [0.717, 1.165) is 0 Å². The molecule has 28 heavy (non-hydrogen) atoms. The number of hydrogen-bond donors (Lipinski definition) is 1. The molecule has 2 aromatic rings. The Bertz CT molecular complexity index is 1020. The highest BCUT2D eigenvalue weighted by Gasteiger charge is 2.67. The Morgan fingerprint density at radius 3 is 2.00 bits per heavy atom. The maximum absolute atomic E-state index is 12.9. The van der Waals surface area contributed by atoms with Gasteiger partial charge in [-0.3, -0.25) is 5.73 Å². The molecule has 2 atom stereocenters. The molecule has 0 saturated heterocycles. The van der Waals surface area contributed by atoms with Gasteiger partial charge in [0.1, 0.15) is 5.57 Å². The average molecular weight is 378 g/mol. The van der Waals surface area contributed by atoms with Crippen molar-refractivity contribution in [3.05, 3.63) is 82.9 Å². The van der Waals surface area contributed by atoms with Crippen molar-refractivity contribution in [2.24, 2.45) is 10.7 Å². The lowest BCUT2D eigenvalue weighted by Crippen LogP contribution is -2.41. The van der Waals surface area contributed by atoms with Crippen molar-refractivity contribution in [3.63, 3.8) is 0 Å². The van der Waals surface area contributed by atoms with Crippen molar-refractivity contribution in [3.8, 4) is 0 Å². The minimum absolute atomic E-state index is 0.0237. The van der Waals surface area contributed by atoms with Gasteiger partial charge in [0.05, 0.1) is 25.5 Å². The molecule has 0 aliphatic carbocycles. The zero-order valence-corrected chi connectivity index (χ0v) is 15.3. The second kappa shape index (κ2) is 6.40. The van der Waals surface area contributed by atoms with E-state index in [1.807, 2.05) is 36.4 Å². The van der Waals surface area contributed by atoms with E-state index in [2.05, 4.69) is 4.99 Å². The van der Waals surface area contributed by atoms with Crippen molar-refractivity contribution in [1.29, 1.82) is 0 Å². The maximum atomic E-state index is 12.9. The topological polar surface area (TPSA) is 100 Å². The van der Waals surface area contributed by atoms with Crippen LogP contribution in [0.3, 0.4) is 0 Å². The number of nitrogens with two attached hydrogens (primary N) is 1. The molecule has 4 rings (SSSR count). The number of ether oxygens (including phenoxy) is 3. The van der Waals surface area contributed by atoms with E-state index < -0.39 is 23.4 Å². The van der Waals surface area contributed by atoms with Crippen LogP contribution in [-0.4, -0.2) is 37.7 Å². The second-order valence-corrected chi connectivity index (χ2v) is 6.41. The molecule has 0 aromatic heterocycles. The first kappa shape index (κ1) is 18.1. The van der Waals surface area contributed by atoms with Gasteiger partial charge in [0.25, 0.3) is 0 Å². The highest BCUT2D eigenvalue weighted by Crippen LogP contribution is 2.55. The van der Waals surface area contributed by atoms with Crippen LogP contribution in [-0.2, 0) is 29.4 Å². The second-order valence-electron chi connectivity index (χ2n) is 6.41. The lowest BCUT2D eigenvalue weighted by atomic mass is 9.77. The summed E-state index contributed by atoms with van der Waals surface area (Å²) < 4.78 is 16.0. The minimum atomic E-state index is -1.86. The minimum Gasteiger partial charge on any atom is -0.466 e. The summed E-state index contributed by atoms with van der Waals surface area (Å²) in [4.78, 5) is 29.9. The van der Waals surface area contributed by atoms with Gasteiger partial charge in [0, 0.05) is 0 Å². The Morgan fingerprint density at radius 2 is 1.43 bits per heavy atom. The van der Waals surface area contributed by atoms with Crippen molar-refractivity contribution < 1.29 is 23.8 Å². The zero-order valence-electron chi connectivity index (χ0n) is 15.3. The normalized spacial score (nSPS) is 25.5. The molecule has 0 amide bonds. The summed E-state index contributed by atoms with van der Waals surface area (Å²) in [5, 5.41) is 0. The number of esters is 2. The lowest BCUT2D eigenvalue weighted by molar-refractivity contribution is -0.139. The fourth-order valence-electron chi connectivity index (χ4n) is 3.76. The molecule has 2 heterocycles.